The molecule has 5 heteroatoms. The third-order valence-corrected chi connectivity index (χ3v) is 5.40. The molecule has 2 aliphatic rings. The van der Waals surface area contributed by atoms with Crippen LogP contribution in [-0.4, -0.2) is 54.0 Å². The standard InChI is InChI=1S/C19H36N2O3/c1-18(2,3)24-17(23)21-12-7-8-16(9-13-21)20-14-19(15-22)10-5-4-6-11-19/h16,20,22H,4-15H2,1-3H3. The van der Waals surface area contributed by atoms with Gasteiger partial charge in [0.2, 0.25) is 0 Å². The van der Waals surface area contributed by atoms with Crippen LogP contribution in [0.4, 0.5) is 4.79 Å². The van der Waals surface area contributed by atoms with E-state index in [1.165, 1.54) is 19.3 Å². The number of nitrogens with zero attached hydrogens (tertiary/aromatic N) is 1. The van der Waals surface area contributed by atoms with E-state index in [1.54, 1.807) is 0 Å². The second-order valence-electron chi connectivity index (χ2n) is 8.69. The first-order valence-electron chi connectivity index (χ1n) is 9.66. The van der Waals surface area contributed by atoms with E-state index in [0.717, 1.165) is 51.7 Å². The number of ether oxygens (including phenoxy) is 1. The van der Waals surface area contributed by atoms with E-state index in [2.05, 4.69) is 5.32 Å². The molecule has 1 atom stereocenters. The van der Waals surface area contributed by atoms with Crippen molar-refractivity contribution in [1.29, 1.82) is 0 Å². The summed E-state index contributed by atoms with van der Waals surface area (Å²) in [5, 5.41) is 13.5. The Labute approximate surface area is 147 Å². The lowest BCUT2D eigenvalue weighted by molar-refractivity contribution is 0.0255. The Bertz CT molecular complexity index is 400. The molecule has 1 heterocycles. The number of nitrogens with one attached hydrogen (secondary N) is 1. The summed E-state index contributed by atoms with van der Waals surface area (Å²) >= 11 is 0. The van der Waals surface area contributed by atoms with Gasteiger partial charge in [-0.1, -0.05) is 19.3 Å². The number of aliphatic hydroxyl groups is 1. The maximum atomic E-state index is 12.2. The molecule has 1 saturated heterocycles. The van der Waals surface area contributed by atoms with Crippen molar-refractivity contribution in [2.75, 3.05) is 26.2 Å². The normalized spacial score (nSPS) is 25.2. The van der Waals surface area contributed by atoms with Crippen LogP contribution in [0.1, 0.15) is 72.1 Å². The number of rotatable bonds is 4. The maximum Gasteiger partial charge on any atom is 0.410 e. The summed E-state index contributed by atoms with van der Waals surface area (Å²) in [6.07, 6.45) is 8.89. The quantitative estimate of drug-likeness (QED) is 0.824. The lowest BCUT2D eigenvalue weighted by atomic mass is 9.74. The topological polar surface area (TPSA) is 61.8 Å². The van der Waals surface area contributed by atoms with E-state index in [1.807, 2.05) is 25.7 Å². The molecule has 2 N–H and O–H groups in total. The number of aliphatic hydroxyl groups excluding tert-OH is 1. The van der Waals surface area contributed by atoms with E-state index in [9.17, 15) is 9.90 Å². The zero-order valence-corrected chi connectivity index (χ0v) is 15.8. The van der Waals surface area contributed by atoms with Gasteiger partial charge in [-0.2, -0.15) is 0 Å². The molecule has 140 valence electrons. The summed E-state index contributed by atoms with van der Waals surface area (Å²) in [5.41, 5.74) is -0.356. The van der Waals surface area contributed by atoms with Crippen molar-refractivity contribution in [3.63, 3.8) is 0 Å². The van der Waals surface area contributed by atoms with Gasteiger partial charge in [-0.15, -0.1) is 0 Å². The van der Waals surface area contributed by atoms with Crippen LogP contribution in [0.15, 0.2) is 0 Å². The molecule has 0 aromatic rings. The molecule has 0 aromatic heterocycles. The Hall–Kier alpha value is -0.810. The van der Waals surface area contributed by atoms with Gasteiger partial charge in [-0.05, 0) is 52.9 Å². The fourth-order valence-electron chi connectivity index (χ4n) is 3.86. The number of likely N-dealkylation sites (tertiary alicyclic amines) is 1. The smallest absolute Gasteiger partial charge is 0.410 e. The highest BCUT2D eigenvalue weighted by molar-refractivity contribution is 5.68. The van der Waals surface area contributed by atoms with Gasteiger partial charge >= 0.3 is 6.09 Å². The summed E-state index contributed by atoms with van der Waals surface area (Å²) in [6.45, 7) is 8.44. The Morgan fingerprint density at radius 3 is 2.50 bits per heavy atom. The zero-order chi connectivity index (χ0) is 17.6. The van der Waals surface area contributed by atoms with Gasteiger partial charge < -0.3 is 20.1 Å². The molecule has 1 aliphatic carbocycles. The first kappa shape index (κ1) is 19.5. The van der Waals surface area contributed by atoms with Gasteiger partial charge in [-0.3, -0.25) is 0 Å². The van der Waals surface area contributed by atoms with E-state index in [4.69, 9.17) is 4.74 Å². The molecular formula is C19H36N2O3. The Kier molecular flexibility index (Phi) is 6.93. The first-order chi connectivity index (χ1) is 11.3. The Balaban J connectivity index is 1.79. The SMILES string of the molecule is CC(C)(C)OC(=O)N1CCCC(NCC2(CO)CCCCC2)CC1. The molecule has 5 nitrogen and oxygen atoms in total. The van der Waals surface area contributed by atoms with Crippen molar-refractivity contribution in [1.82, 2.24) is 10.2 Å². The number of amides is 1. The van der Waals surface area contributed by atoms with Crippen LogP contribution in [0, 0.1) is 5.41 Å². The van der Waals surface area contributed by atoms with E-state index in [0.29, 0.717) is 6.04 Å². The molecule has 0 radical (unpaired) electrons. The van der Waals surface area contributed by atoms with Crippen LogP contribution in [0.3, 0.4) is 0 Å². The van der Waals surface area contributed by atoms with Gasteiger partial charge in [0.15, 0.2) is 0 Å². The highest BCUT2D eigenvalue weighted by Crippen LogP contribution is 2.35. The average molecular weight is 341 g/mol. The molecule has 1 aliphatic heterocycles. The van der Waals surface area contributed by atoms with Gasteiger partial charge in [0.05, 0.1) is 0 Å². The lowest BCUT2D eigenvalue weighted by Crippen LogP contribution is -2.43. The van der Waals surface area contributed by atoms with Gasteiger partial charge in [-0.25, -0.2) is 4.79 Å². The Morgan fingerprint density at radius 2 is 1.88 bits per heavy atom. The van der Waals surface area contributed by atoms with Crippen LogP contribution in [0.25, 0.3) is 0 Å². The third kappa shape index (κ3) is 5.92. The van der Waals surface area contributed by atoms with Crippen LogP contribution in [-0.2, 0) is 4.74 Å². The average Bonchev–Trinajstić information content (AvgIpc) is 2.78. The first-order valence-corrected chi connectivity index (χ1v) is 9.66. The second kappa shape index (κ2) is 8.52. The van der Waals surface area contributed by atoms with Crippen molar-refractivity contribution >= 4 is 6.09 Å². The molecule has 2 fully saturated rings. The fraction of sp³-hybridized carbons (Fsp3) is 0.947. The zero-order valence-electron chi connectivity index (χ0n) is 15.8. The van der Waals surface area contributed by atoms with Crippen LogP contribution < -0.4 is 5.32 Å². The predicted molar refractivity (Wildman–Crippen MR) is 96.1 cm³/mol. The van der Waals surface area contributed by atoms with Crippen molar-refractivity contribution in [2.45, 2.75) is 83.8 Å². The molecule has 0 spiro atoms. The molecule has 1 unspecified atom stereocenters. The van der Waals surface area contributed by atoms with Gasteiger partial charge in [0.25, 0.3) is 0 Å². The number of carbonyl (C=O) groups excluding carboxylic acids is 1. The van der Waals surface area contributed by atoms with Crippen molar-refractivity contribution in [3.05, 3.63) is 0 Å². The molecule has 0 bridgehead atoms. The van der Waals surface area contributed by atoms with Gasteiger partial charge in [0, 0.05) is 37.7 Å². The van der Waals surface area contributed by atoms with Gasteiger partial charge in [0.1, 0.15) is 5.60 Å². The minimum Gasteiger partial charge on any atom is -0.444 e. The minimum atomic E-state index is -0.435. The van der Waals surface area contributed by atoms with E-state index in [-0.39, 0.29) is 18.1 Å². The van der Waals surface area contributed by atoms with Crippen molar-refractivity contribution in [2.24, 2.45) is 5.41 Å². The summed E-state index contributed by atoms with van der Waals surface area (Å²) in [4.78, 5) is 14.1. The van der Waals surface area contributed by atoms with E-state index < -0.39 is 5.60 Å². The largest absolute Gasteiger partial charge is 0.444 e. The molecule has 1 saturated carbocycles. The molecule has 2 rings (SSSR count). The lowest BCUT2D eigenvalue weighted by Gasteiger charge is -2.37. The van der Waals surface area contributed by atoms with Crippen LogP contribution in [0.2, 0.25) is 0 Å². The number of hydrogen-bond donors (Lipinski definition) is 2. The van der Waals surface area contributed by atoms with Crippen LogP contribution in [0.5, 0.6) is 0 Å². The summed E-state index contributed by atoms with van der Waals surface area (Å²) in [6, 6.07) is 0.433. The number of hydrogen-bond acceptors (Lipinski definition) is 4. The molecule has 1 amide bonds. The minimum absolute atomic E-state index is 0.0788. The fourth-order valence-corrected chi connectivity index (χ4v) is 3.86. The monoisotopic (exact) mass is 340 g/mol. The highest BCUT2D eigenvalue weighted by atomic mass is 16.6. The Morgan fingerprint density at radius 1 is 1.17 bits per heavy atom. The van der Waals surface area contributed by atoms with E-state index >= 15 is 0 Å². The second-order valence-corrected chi connectivity index (χ2v) is 8.69. The maximum absolute atomic E-state index is 12.2. The van der Waals surface area contributed by atoms with Crippen molar-refractivity contribution in [3.8, 4) is 0 Å². The third-order valence-electron chi connectivity index (χ3n) is 5.40. The van der Waals surface area contributed by atoms with Crippen LogP contribution >= 0.6 is 0 Å². The van der Waals surface area contributed by atoms with Crippen molar-refractivity contribution < 1.29 is 14.6 Å². The highest BCUT2D eigenvalue weighted by Gasteiger charge is 2.32. The number of carbonyl (C=O) groups is 1. The predicted octanol–water partition coefficient (Wildman–Crippen LogP) is 3.31. The summed E-state index contributed by atoms with van der Waals surface area (Å²) < 4.78 is 5.49. The molecule has 24 heavy (non-hydrogen) atoms. The summed E-state index contributed by atoms with van der Waals surface area (Å²) in [7, 11) is 0. The summed E-state index contributed by atoms with van der Waals surface area (Å²) in [5.74, 6) is 0. The molecular weight excluding hydrogens is 304 g/mol. The molecule has 0 aromatic carbocycles.